The maximum absolute atomic E-state index is 12.9. The quantitative estimate of drug-likeness (QED) is 0.368. The fourth-order valence-electron chi connectivity index (χ4n) is 5.63. The molecule has 1 fully saturated rings. The molecule has 3 aromatic heterocycles. The molecule has 38 heavy (non-hydrogen) atoms. The Morgan fingerprint density at radius 1 is 1.16 bits per heavy atom. The smallest absolute Gasteiger partial charge is 0.252 e. The number of rotatable bonds is 7. The average Bonchev–Trinajstić information content (AvgIpc) is 3.37. The molecule has 0 saturated carbocycles. The highest BCUT2D eigenvalue weighted by atomic mass is 16.5. The highest BCUT2D eigenvalue weighted by molar-refractivity contribution is 5.88. The minimum atomic E-state index is -0.0726. The molecule has 4 aromatic rings. The van der Waals surface area contributed by atoms with Crippen LogP contribution in [0.15, 0.2) is 41.5 Å². The van der Waals surface area contributed by atoms with Crippen LogP contribution >= 0.6 is 0 Å². The van der Waals surface area contributed by atoms with Crippen LogP contribution in [0.4, 0.5) is 5.69 Å². The summed E-state index contributed by atoms with van der Waals surface area (Å²) < 4.78 is 8.44. The zero-order valence-corrected chi connectivity index (χ0v) is 22.6. The van der Waals surface area contributed by atoms with Gasteiger partial charge in [0.05, 0.1) is 47.8 Å². The van der Waals surface area contributed by atoms with Crippen molar-refractivity contribution in [1.29, 1.82) is 5.26 Å². The van der Waals surface area contributed by atoms with Gasteiger partial charge in [-0.2, -0.15) is 10.4 Å². The van der Waals surface area contributed by atoms with Crippen molar-refractivity contribution < 1.29 is 4.74 Å². The molecular formula is C28H34N8O2. The molecule has 5 rings (SSSR count). The van der Waals surface area contributed by atoms with E-state index in [-0.39, 0.29) is 30.2 Å². The summed E-state index contributed by atoms with van der Waals surface area (Å²) >= 11 is 0. The van der Waals surface area contributed by atoms with Gasteiger partial charge in [-0.15, -0.1) is 0 Å². The van der Waals surface area contributed by atoms with Gasteiger partial charge < -0.3 is 14.2 Å². The first-order valence-corrected chi connectivity index (χ1v) is 13.2. The maximum atomic E-state index is 12.9. The molecule has 1 aromatic carbocycles. The number of nitriles is 1. The van der Waals surface area contributed by atoms with E-state index in [0.29, 0.717) is 5.88 Å². The lowest BCUT2D eigenvalue weighted by Crippen LogP contribution is -2.58. The summed E-state index contributed by atoms with van der Waals surface area (Å²) in [4.78, 5) is 26.9. The molecule has 10 nitrogen and oxygen atoms in total. The first kappa shape index (κ1) is 25.7. The fourth-order valence-corrected chi connectivity index (χ4v) is 5.63. The molecule has 10 heteroatoms. The van der Waals surface area contributed by atoms with Gasteiger partial charge in [0.15, 0.2) is 0 Å². The molecule has 3 atom stereocenters. The summed E-state index contributed by atoms with van der Waals surface area (Å²) in [5.41, 5.74) is 5.16. The third-order valence-electron chi connectivity index (χ3n) is 7.89. The Kier molecular flexibility index (Phi) is 7.04. The van der Waals surface area contributed by atoms with Crippen LogP contribution in [-0.2, 0) is 13.6 Å². The highest BCUT2D eigenvalue weighted by Crippen LogP contribution is 2.35. The van der Waals surface area contributed by atoms with Gasteiger partial charge in [-0.1, -0.05) is 19.9 Å². The van der Waals surface area contributed by atoms with Gasteiger partial charge in [0.1, 0.15) is 12.1 Å². The molecule has 0 N–H and O–H groups in total. The maximum Gasteiger partial charge on any atom is 0.252 e. The molecule has 198 valence electrons. The molecule has 0 radical (unpaired) electrons. The lowest BCUT2D eigenvalue weighted by Gasteiger charge is -2.49. The molecule has 1 saturated heterocycles. The number of aromatic nitrogens is 5. The van der Waals surface area contributed by atoms with Crippen LogP contribution in [0.5, 0.6) is 5.88 Å². The Balaban J connectivity index is 1.49. The van der Waals surface area contributed by atoms with E-state index in [1.165, 1.54) is 5.56 Å². The molecule has 0 spiro atoms. The number of aryl methyl sites for hydroxylation is 1. The predicted octanol–water partition coefficient (Wildman–Crippen LogP) is 3.65. The van der Waals surface area contributed by atoms with Crippen LogP contribution in [0.25, 0.3) is 22.1 Å². The predicted molar refractivity (Wildman–Crippen MR) is 147 cm³/mol. The number of piperazine rings is 1. The third kappa shape index (κ3) is 4.47. The van der Waals surface area contributed by atoms with Crippen LogP contribution in [0, 0.1) is 11.3 Å². The molecule has 1 aliphatic heterocycles. The van der Waals surface area contributed by atoms with Crippen LogP contribution in [0.2, 0.25) is 0 Å². The minimum absolute atomic E-state index is 0.0726. The number of ether oxygens (including phenoxy) is 1. The summed E-state index contributed by atoms with van der Waals surface area (Å²) in [6, 6.07) is 10.8. The van der Waals surface area contributed by atoms with E-state index in [0.717, 1.165) is 53.7 Å². The van der Waals surface area contributed by atoms with Crippen molar-refractivity contribution in [2.24, 2.45) is 7.05 Å². The summed E-state index contributed by atoms with van der Waals surface area (Å²) in [7, 11) is 3.35. The molecular weight excluding hydrogens is 480 g/mol. The van der Waals surface area contributed by atoms with Crippen molar-refractivity contribution in [3.63, 3.8) is 0 Å². The molecule has 1 unspecified atom stereocenters. The average molecular weight is 515 g/mol. The van der Waals surface area contributed by atoms with Crippen LogP contribution < -0.4 is 15.2 Å². The zero-order valence-electron chi connectivity index (χ0n) is 22.6. The molecule has 0 amide bonds. The van der Waals surface area contributed by atoms with Gasteiger partial charge >= 0.3 is 0 Å². The van der Waals surface area contributed by atoms with Crippen molar-refractivity contribution in [3.8, 4) is 11.9 Å². The van der Waals surface area contributed by atoms with Crippen LogP contribution in [-0.4, -0.2) is 61.5 Å². The van der Waals surface area contributed by atoms with E-state index in [4.69, 9.17) is 9.84 Å². The normalized spacial score (nSPS) is 19.1. The Bertz CT molecular complexity index is 1570. The van der Waals surface area contributed by atoms with E-state index in [1.807, 2.05) is 6.07 Å². The van der Waals surface area contributed by atoms with Gasteiger partial charge in [-0.05, 0) is 37.5 Å². The standard InChI is InChI=1S/C28H34N8O2/c1-6-20-16-36(24-13-27(37)33(4)25-17-34(11-10-29)32-28(24)25)21(7-2)15-35(20)18(3)19-8-9-22-23(12-19)30-14-26(31-22)38-5/h8-9,12-14,17-18,20-21H,6-7,11,15-16H2,1-5H3/t18?,20-,21+/m1/s1. The van der Waals surface area contributed by atoms with E-state index in [2.05, 4.69) is 58.7 Å². The Morgan fingerprint density at radius 2 is 1.95 bits per heavy atom. The van der Waals surface area contributed by atoms with E-state index < -0.39 is 0 Å². The zero-order chi connectivity index (χ0) is 27.0. The first-order valence-electron chi connectivity index (χ1n) is 13.2. The Hall–Kier alpha value is -3.97. The van der Waals surface area contributed by atoms with E-state index >= 15 is 0 Å². The number of nitrogens with zero attached hydrogens (tertiary/aromatic N) is 8. The Morgan fingerprint density at radius 3 is 2.66 bits per heavy atom. The molecule has 1 aliphatic rings. The summed E-state index contributed by atoms with van der Waals surface area (Å²) in [6.45, 7) is 8.45. The number of fused-ring (bicyclic) bond motifs is 2. The Labute approximate surface area is 222 Å². The fraction of sp³-hybridized carbons (Fsp3) is 0.464. The first-order chi connectivity index (χ1) is 18.4. The third-order valence-corrected chi connectivity index (χ3v) is 7.89. The van der Waals surface area contributed by atoms with Gasteiger partial charge in [-0.25, -0.2) is 9.97 Å². The second-order valence-electron chi connectivity index (χ2n) is 9.96. The van der Waals surface area contributed by atoms with Gasteiger partial charge in [-0.3, -0.25) is 14.4 Å². The van der Waals surface area contributed by atoms with E-state index in [1.54, 1.807) is 41.9 Å². The topological polar surface area (TPSA) is 105 Å². The number of pyridine rings is 1. The van der Waals surface area contributed by atoms with Crippen molar-refractivity contribution >= 4 is 27.8 Å². The summed E-state index contributed by atoms with van der Waals surface area (Å²) in [5.74, 6) is 0.508. The number of methoxy groups -OCH3 is 1. The van der Waals surface area contributed by atoms with Crippen molar-refractivity contribution in [3.05, 3.63) is 52.6 Å². The number of hydrogen-bond acceptors (Lipinski definition) is 8. The highest BCUT2D eigenvalue weighted by Gasteiger charge is 2.36. The van der Waals surface area contributed by atoms with E-state index in [9.17, 15) is 10.1 Å². The van der Waals surface area contributed by atoms with Gasteiger partial charge in [0.2, 0.25) is 5.88 Å². The van der Waals surface area contributed by atoms with Crippen molar-refractivity contribution in [2.45, 2.75) is 58.3 Å². The number of hydrogen-bond donors (Lipinski definition) is 0. The SMILES string of the molecule is CC[C@H]1CN(C(C)c2ccc3nc(OC)cnc3c2)[C@H](CC)CN1c1cc(=O)n(C)c2cn(CC#N)nc12. The molecule has 0 bridgehead atoms. The van der Waals surface area contributed by atoms with Crippen molar-refractivity contribution in [1.82, 2.24) is 29.2 Å². The second-order valence-corrected chi connectivity index (χ2v) is 9.96. The minimum Gasteiger partial charge on any atom is -0.480 e. The lowest BCUT2D eigenvalue weighted by atomic mass is 9.96. The van der Waals surface area contributed by atoms with Crippen LogP contribution in [0.3, 0.4) is 0 Å². The monoisotopic (exact) mass is 514 g/mol. The number of anilines is 1. The largest absolute Gasteiger partial charge is 0.480 e. The van der Waals surface area contributed by atoms with Crippen molar-refractivity contribution in [2.75, 3.05) is 25.1 Å². The molecule has 4 heterocycles. The van der Waals surface area contributed by atoms with Gasteiger partial charge in [0.25, 0.3) is 5.56 Å². The second kappa shape index (κ2) is 10.4. The van der Waals surface area contributed by atoms with Crippen LogP contribution in [0.1, 0.15) is 45.2 Å². The van der Waals surface area contributed by atoms with Gasteiger partial charge in [0, 0.05) is 44.3 Å². The number of benzene rings is 1. The summed E-state index contributed by atoms with van der Waals surface area (Å²) in [6.07, 6.45) is 5.34. The lowest BCUT2D eigenvalue weighted by molar-refractivity contribution is 0.101. The molecule has 0 aliphatic carbocycles. The summed E-state index contributed by atoms with van der Waals surface area (Å²) in [5, 5.41) is 13.9.